The van der Waals surface area contributed by atoms with Crippen LogP contribution in [0.5, 0.6) is 0 Å². The summed E-state index contributed by atoms with van der Waals surface area (Å²) in [5, 5.41) is 9.90. The number of carbonyl (C=O) groups excluding carboxylic acids is 1. The number of hydrogen-bond donors (Lipinski definition) is 1. The Morgan fingerprint density at radius 2 is 1.85 bits per heavy atom. The van der Waals surface area contributed by atoms with Crippen molar-refractivity contribution in [1.29, 1.82) is 0 Å². The van der Waals surface area contributed by atoms with Crippen molar-refractivity contribution in [1.82, 2.24) is 9.80 Å². The molecule has 4 nitrogen and oxygen atoms in total. The number of allylic oxidation sites excluding steroid dienone is 1. The molecule has 2 aliphatic rings. The van der Waals surface area contributed by atoms with E-state index in [-0.39, 0.29) is 30.5 Å². The molecule has 4 heteroatoms. The third kappa shape index (κ3) is 3.43. The van der Waals surface area contributed by atoms with Gasteiger partial charge in [0, 0.05) is 19.0 Å². The normalized spacial score (nSPS) is 25.5. The second-order valence-corrected chi connectivity index (χ2v) is 7.47. The maximum Gasteiger partial charge on any atom is 0.237 e. The van der Waals surface area contributed by atoms with Gasteiger partial charge in [-0.1, -0.05) is 66.7 Å². The summed E-state index contributed by atoms with van der Waals surface area (Å²) < 4.78 is 0. The number of carbonyl (C=O) groups is 1. The predicted molar refractivity (Wildman–Crippen MR) is 107 cm³/mol. The van der Waals surface area contributed by atoms with Crippen molar-refractivity contribution in [2.45, 2.75) is 31.5 Å². The summed E-state index contributed by atoms with van der Waals surface area (Å²) in [5.41, 5.74) is 3.60. The lowest BCUT2D eigenvalue weighted by Crippen LogP contribution is -2.72. The van der Waals surface area contributed by atoms with Crippen LogP contribution in [0.15, 0.2) is 60.7 Å². The molecule has 2 aromatic rings. The monoisotopic (exact) mass is 362 g/mol. The van der Waals surface area contributed by atoms with Crippen LogP contribution in [0.4, 0.5) is 0 Å². The molecule has 1 amide bonds. The smallest absolute Gasteiger partial charge is 0.237 e. The minimum Gasteiger partial charge on any atom is -0.394 e. The van der Waals surface area contributed by atoms with Crippen LogP contribution in [-0.4, -0.2) is 52.6 Å². The Labute approximate surface area is 160 Å². The molecule has 27 heavy (non-hydrogen) atoms. The van der Waals surface area contributed by atoms with Crippen molar-refractivity contribution in [3.8, 4) is 0 Å². The maximum absolute atomic E-state index is 12.7. The van der Waals surface area contributed by atoms with E-state index in [9.17, 15) is 9.90 Å². The Balaban J connectivity index is 1.53. The number of piperazine rings is 1. The molecule has 0 spiro atoms. The van der Waals surface area contributed by atoms with Gasteiger partial charge in [-0.25, -0.2) is 0 Å². The topological polar surface area (TPSA) is 43.8 Å². The molecular weight excluding hydrogens is 336 g/mol. The summed E-state index contributed by atoms with van der Waals surface area (Å²) in [6.07, 6.45) is 4.10. The zero-order valence-corrected chi connectivity index (χ0v) is 15.7. The van der Waals surface area contributed by atoms with Crippen LogP contribution in [0, 0.1) is 0 Å². The fraction of sp³-hybridized carbons (Fsp3) is 0.348. The molecule has 0 saturated carbocycles. The highest BCUT2D eigenvalue weighted by Gasteiger charge is 2.53. The number of amides is 1. The zero-order chi connectivity index (χ0) is 18.8. The fourth-order valence-electron chi connectivity index (χ4n) is 4.55. The quantitative estimate of drug-likeness (QED) is 0.889. The van der Waals surface area contributed by atoms with Gasteiger partial charge in [-0.3, -0.25) is 9.69 Å². The summed E-state index contributed by atoms with van der Waals surface area (Å²) in [6.45, 7) is 4.08. The van der Waals surface area contributed by atoms with Gasteiger partial charge < -0.3 is 10.0 Å². The lowest BCUT2D eigenvalue weighted by molar-refractivity contribution is -0.162. The first-order chi connectivity index (χ1) is 13.2. The lowest BCUT2D eigenvalue weighted by atomic mass is 9.73. The molecule has 4 rings (SSSR count). The van der Waals surface area contributed by atoms with Gasteiger partial charge >= 0.3 is 0 Å². The van der Waals surface area contributed by atoms with E-state index in [1.54, 1.807) is 0 Å². The van der Waals surface area contributed by atoms with E-state index < -0.39 is 0 Å². The number of benzene rings is 2. The number of rotatable bonds is 5. The van der Waals surface area contributed by atoms with Gasteiger partial charge in [0.1, 0.15) is 0 Å². The minimum absolute atomic E-state index is 0.0161. The van der Waals surface area contributed by atoms with Crippen LogP contribution in [0.25, 0.3) is 6.08 Å². The van der Waals surface area contributed by atoms with E-state index in [1.165, 1.54) is 16.7 Å². The molecule has 0 unspecified atom stereocenters. The minimum atomic E-state index is -0.103. The van der Waals surface area contributed by atoms with Gasteiger partial charge in [-0.05, 0) is 23.6 Å². The number of fused-ring (bicyclic) bond motifs is 1. The van der Waals surface area contributed by atoms with Crippen molar-refractivity contribution in [3.63, 3.8) is 0 Å². The highest BCUT2D eigenvalue weighted by atomic mass is 16.3. The molecule has 140 valence electrons. The third-order valence-corrected chi connectivity index (χ3v) is 5.75. The summed E-state index contributed by atoms with van der Waals surface area (Å²) in [4.78, 5) is 16.8. The number of aliphatic hydroxyl groups excluding tert-OH is 1. The van der Waals surface area contributed by atoms with Crippen molar-refractivity contribution in [2.24, 2.45) is 0 Å². The van der Waals surface area contributed by atoms with Crippen molar-refractivity contribution in [3.05, 3.63) is 77.4 Å². The summed E-state index contributed by atoms with van der Waals surface area (Å²) in [7, 11) is 0. The Hall–Kier alpha value is -2.43. The Kier molecular flexibility index (Phi) is 5.10. The highest BCUT2D eigenvalue weighted by Crippen LogP contribution is 2.43. The van der Waals surface area contributed by atoms with E-state index in [4.69, 9.17) is 0 Å². The van der Waals surface area contributed by atoms with Gasteiger partial charge in [0.25, 0.3) is 0 Å². The molecule has 2 saturated heterocycles. The molecule has 2 fully saturated rings. The number of nitrogens with zero attached hydrogens (tertiary/aromatic N) is 2. The van der Waals surface area contributed by atoms with Crippen molar-refractivity contribution >= 4 is 12.0 Å². The number of hydrogen-bond acceptors (Lipinski definition) is 3. The maximum atomic E-state index is 12.7. The Morgan fingerprint density at radius 3 is 2.52 bits per heavy atom. The molecule has 0 bridgehead atoms. The summed E-state index contributed by atoms with van der Waals surface area (Å²) in [5.74, 6) is 0.320. The van der Waals surface area contributed by atoms with Crippen molar-refractivity contribution in [2.75, 3.05) is 19.7 Å². The molecule has 2 heterocycles. The SMILES string of the molecule is C/C=C/c1ccc([C@@H]2[C@H]3CN(Cc4ccccc4)CC(=O)N3[C@H]2CO)cc1. The summed E-state index contributed by atoms with van der Waals surface area (Å²) in [6, 6.07) is 18.8. The Morgan fingerprint density at radius 1 is 1.11 bits per heavy atom. The van der Waals surface area contributed by atoms with E-state index in [0.29, 0.717) is 6.54 Å². The van der Waals surface area contributed by atoms with Gasteiger partial charge in [0.2, 0.25) is 5.91 Å². The molecular formula is C23H26N2O2. The second-order valence-electron chi connectivity index (χ2n) is 7.47. The van der Waals surface area contributed by atoms with E-state index in [1.807, 2.05) is 36.1 Å². The van der Waals surface area contributed by atoms with Crippen LogP contribution < -0.4 is 0 Å². The standard InChI is InChI=1S/C23H26N2O2/c1-2-6-17-9-11-19(12-10-17)23-20-14-24(13-18-7-4-3-5-8-18)15-22(27)25(20)21(23)16-26/h2-12,20-21,23,26H,13-16H2,1H3/b6-2+/t20-,21+,23-/m1/s1. The van der Waals surface area contributed by atoms with Gasteiger partial charge in [0.05, 0.1) is 25.2 Å². The molecule has 2 aliphatic heterocycles. The first-order valence-corrected chi connectivity index (χ1v) is 9.62. The highest BCUT2D eigenvalue weighted by molar-refractivity contribution is 5.81. The van der Waals surface area contributed by atoms with Crippen molar-refractivity contribution < 1.29 is 9.90 Å². The molecule has 0 aliphatic carbocycles. The lowest BCUT2D eigenvalue weighted by Gasteiger charge is -2.59. The van der Waals surface area contributed by atoms with E-state index in [2.05, 4.69) is 47.4 Å². The van der Waals surface area contributed by atoms with Gasteiger partial charge in [-0.2, -0.15) is 0 Å². The second kappa shape index (κ2) is 7.67. The molecule has 0 aromatic heterocycles. The average Bonchev–Trinajstić information content (AvgIpc) is 2.66. The molecule has 3 atom stereocenters. The third-order valence-electron chi connectivity index (χ3n) is 5.75. The van der Waals surface area contributed by atoms with Gasteiger partial charge in [-0.15, -0.1) is 0 Å². The largest absolute Gasteiger partial charge is 0.394 e. The average molecular weight is 362 g/mol. The number of aliphatic hydroxyl groups is 1. The van der Waals surface area contributed by atoms with Crippen LogP contribution >= 0.6 is 0 Å². The fourth-order valence-corrected chi connectivity index (χ4v) is 4.55. The van der Waals surface area contributed by atoms with Gasteiger partial charge in [0.15, 0.2) is 0 Å². The summed E-state index contributed by atoms with van der Waals surface area (Å²) >= 11 is 0. The molecule has 2 aromatic carbocycles. The van der Waals surface area contributed by atoms with E-state index in [0.717, 1.165) is 13.1 Å². The van der Waals surface area contributed by atoms with Crippen LogP contribution in [0.3, 0.4) is 0 Å². The first-order valence-electron chi connectivity index (χ1n) is 9.62. The predicted octanol–water partition coefficient (Wildman–Crippen LogP) is 2.89. The Bertz CT molecular complexity index is 816. The molecule has 1 N–H and O–H groups in total. The first kappa shape index (κ1) is 18.0. The molecule has 0 radical (unpaired) electrons. The van der Waals surface area contributed by atoms with Crippen LogP contribution in [-0.2, 0) is 11.3 Å². The zero-order valence-electron chi connectivity index (χ0n) is 15.7. The van der Waals surface area contributed by atoms with Crippen LogP contribution in [0.2, 0.25) is 0 Å². The van der Waals surface area contributed by atoms with E-state index >= 15 is 0 Å². The van der Waals surface area contributed by atoms with Crippen LogP contribution in [0.1, 0.15) is 29.5 Å².